The lowest BCUT2D eigenvalue weighted by Crippen LogP contribution is -2.46. The number of carbonyl (C=O) groups excluding carboxylic acids is 3. The monoisotopic (exact) mass is 338 g/mol. The van der Waals surface area contributed by atoms with Gasteiger partial charge in [-0.3, -0.25) is 10.1 Å². The van der Waals surface area contributed by atoms with Gasteiger partial charge in [0.25, 0.3) is 5.91 Å². The molecule has 1 saturated carbocycles. The molecule has 6 nitrogen and oxygen atoms in total. The van der Waals surface area contributed by atoms with E-state index in [9.17, 15) is 14.4 Å². The van der Waals surface area contributed by atoms with Crippen LogP contribution in [0.2, 0.25) is 0 Å². The maximum atomic E-state index is 11.9. The predicted molar refractivity (Wildman–Crippen MR) is 87.6 cm³/mol. The lowest BCUT2D eigenvalue weighted by atomic mass is 9.96. The van der Waals surface area contributed by atoms with Crippen LogP contribution in [0.15, 0.2) is 6.07 Å². The summed E-state index contributed by atoms with van der Waals surface area (Å²) in [6.45, 7) is 3.26. The number of nitrogens with one attached hydrogen (secondary N) is 2. The van der Waals surface area contributed by atoms with Gasteiger partial charge in [-0.1, -0.05) is 19.3 Å². The summed E-state index contributed by atoms with van der Waals surface area (Å²) in [5, 5.41) is 4.96. The molecule has 0 saturated heterocycles. The Hall–Kier alpha value is -1.89. The Balaban J connectivity index is 1.73. The summed E-state index contributed by atoms with van der Waals surface area (Å²) in [6.07, 6.45) is 5.25. The highest BCUT2D eigenvalue weighted by molar-refractivity contribution is 7.12. The molecule has 0 atom stereocenters. The lowest BCUT2D eigenvalue weighted by molar-refractivity contribution is -0.123. The largest absolute Gasteiger partial charge is 0.452 e. The van der Waals surface area contributed by atoms with E-state index >= 15 is 0 Å². The van der Waals surface area contributed by atoms with Gasteiger partial charge < -0.3 is 10.1 Å². The highest BCUT2D eigenvalue weighted by atomic mass is 32.1. The smallest absolute Gasteiger partial charge is 0.339 e. The molecule has 2 N–H and O–H groups in total. The van der Waals surface area contributed by atoms with Crippen molar-refractivity contribution in [3.63, 3.8) is 0 Å². The Labute approximate surface area is 139 Å². The summed E-state index contributed by atoms with van der Waals surface area (Å²) in [4.78, 5) is 37.1. The number of hydrogen-bond donors (Lipinski definition) is 2. The number of carbonyl (C=O) groups is 3. The minimum atomic E-state index is -0.628. The zero-order valence-electron chi connectivity index (χ0n) is 13.4. The third kappa shape index (κ3) is 5.35. The van der Waals surface area contributed by atoms with E-state index < -0.39 is 24.5 Å². The summed E-state index contributed by atoms with van der Waals surface area (Å²) in [7, 11) is 0. The zero-order chi connectivity index (χ0) is 16.8. The number of imide groups is 1. The van der Waals surface area contributed by atoms with Crippen LogP contribution in [0.25, 0.3) is 0 Å². The average molecular weight is 338 g/mol. The first kappa shape index (κ1) is 17.5. The van der Waals surface area contributed by atoms with Gasteiger partial charge in [0.1, 0.15) is 0 Å². The molecular weight excluding hydrogens is 316 g/mol. The molecule has 0 unspecified atom stereocenters. The topological polar surface area (TPSA) is 84.5 Å². The fraction of sp³-hybridized carbons (Fsp3) is 0.562. The predicted octanol–water partition coefficient (Wildman–Crippen LogP) is 2.68. The number of amides is 3. The third-order valence-corrected chi connectivity index (χ3v) is 4.75. The van der Waals surface area contributed by atoms with Crippen LogP contribution in [0.1, 0.15) is 52.2 Å². The van der Waals surface area contributed by atoms with Crippen molar-refractivity contribution in [2.45, 2.75) is 52.0 Å². The van der Waals surface area contributed by atoms with Crippen LogP contribution in [-0.2, 0) is 9.53 Å². The van der Waals surface area contributed by atoms with E-state index in [1.807, 2.05) is 13.8 Å². The minimum Gasteiger partial charge on any atom is -0.452 e. The number of urea groups is 1. The molecule has 2 rings (SSSR count). The van der Waals surface area contributed by atoms with Gasteiger partial charge in [0, 0.05) is 15.8 Å². The molecular formula is C16H22N2O4S. The first-order chi connectivity index (χ1) is 11.0. The first-order valence-electron chi connectivity index (χ1n) is 7.80. The summed E-state index contributed by atoms with van der Waals surface area (Å²) >= 11 is 1.50. The molecule has 1 aromatic rings. The van der Waals surface area contributed by atoms with Gasteiger partial charge in [-0.25, -0.2) is 9.59 Å². The second-order valence-electron chi connectivity index (χ2n) is 5.76. The van der Waals surface area contributed by atoms with Crippen LogP contribution < -0.4 is 10.6 Å². The Morgan fingerprint density at radius 3 is 2.52 bits per heavy atom. The summed E-state index contributed by atoms with van der Waals surface area (Å²) < 4.78 is 4.95. The molecule has 0 aromatic carbocycles. The molecule has 1 aliphatic rings. The Morgan fingerprint density at radius 1 is 1.22 bits per heavy atom. The molecule has 126 valence electrons. The number of aryl methyl sites for hydroxylation is 2. The van der Waals surface area contributed by atoms with Gasteiger partial charge in [-0.2, -0.15) is 0 Å². The minimum absolute atomic E-state index is 0.121. The Bertz CT molecular complexity index is 591. The fourth-order valence-electron chi connectivity index (χ4n) is 2.67. The summed E-state index contributed by atoms with van der Waals surface area (Å²) in [5.41, 5.74) is 0.465. The molecule has 1 fully saturated rings. The molecule has 23 heavy (non-hydrogen) atoms. The van der Waals surface area contributed by atoms with Crippen molar-refractivity contribution in [1.29, 1.82) is 0 Å². The van der Waals surface area contributed by atoms with Crippen molar-refractivity contribution in [3.05, 3.63) is 21.4 Å². The van der Waals surface area contributed by atoms with Crippen molar-refractivity contribution < 1.29 is 19.1 Å². The molecule has 0 radical (unpaired) electrons. The van der Waals surface area contributed by atoms with E-state index in [-0.39, 0.29) is 6.04 Å². The summed E-state index contributed by atoms with van der Waals surface area (Å²) in [6, 6.07) is 1.33. The van der Waals surface area contributed by atoms with Crippen LogP contribution in [-0.4, -0.2) is 30.6 Å². The second-order valence-corrected chi connectivity index (χ2v) is 7.22. The Morgan fingerprint density at radius 2 is 1.91 bits per heavy atom. The fourth-order valence-corrected chi connectivity index (χ4v) is 3.59. The molecule has 7 heteroatoms. The second kappa shape index (κ2) is 8.10. The maximum absolute atomic E-state index is 11.9. The summed E-state index contributed by atoms with van der Waals surface area (Å²) in [5.74, 6) is -1.18. The quantitative estimate of drug-likeness (QED) is 0.827. The van der Waals surface area contributed by atoms with Crippen LogP contribution >= 0.6 is 11.3 Å². The van der Waals surface area contributed by atoms with Gasteiger partial charge in [-0.05, 0) is 32.8 Å². The van der Waals surface area contributed by atoms with Gasteiger partial charge in [0.05, 0.1) is 5.56 Å². The van der Waals surface area contributed by atoms with E-state index in [0.717, 1.165) is 35.4 Å². The normalized spacial score (nSPS) is 15.0. The highest BCUT2D eigenvalue weighted by Gasteiger charge is 2.18. The van der Waals surface area contributed by atoms with Crippen LogP contribution in [0.4, 0.5) is 4.79 Å². The van der Waals surface area contributed by atoms with Crippen LogP contribution in [0, 0.1) is 13.8 Å². The van der Waals surface area contributed by atoms with Gasteiger partial charge in [0.15, 0.2) is 6.61 Å². The van der Waals surface area contributed by atoms with Crippen molar-refractivity contribution in [2.24, 2.45) is 0 Å². The average Bonchev–Trinajstić information content (AvgIpc) is 2.84. The number of esters is 1. The molecule has 1 aromatic heterocycles. The van der Waals surface area contributed by atoms with Crippen molar-refractivity contribution in [2.75, 3.05) is 6.61 Å². The maximum Gasteiger partial charge on any atom is 0.339 e. The van der Waals surface area contributed by atoms with Gasteiger partial charge in [0.2, 0.25) is 0 Å². The van der Waals surface area contributed by atoms with E-state index in [2.05, 4.69) is 10.6 Å². The molecule has 0 bridgehead atoms. The third-order valence-electron chi connectivity index (χ3n) is 3.79. The Kier molecular flexibility index (Phi) is 6.15. The van der Waals surface area contributed by atoms with E-state index in [1.54, 1.807) is 6.07 Å². The molecule has 1 aliphatic carbocycles. The van der Waals surface area contributed by atoms with Gasteiger partial charge >= 0.3 is 12.0 Å². The van der Waals surface area contributed by atoms with Crippen molar-refractivity contribution in [1.82, 2.24) is 10.6 Å². The number of ether oxygens (including phenoxy) is 1. The molecule has 1 heterocycles. The number of rotatable bonds is 4. The first-order valence-corrected chi connectivity index (χ1v) is 8.62. The highest BCUT2D eigenvalue weighted by Crippen LogP contribution is 2.21. The molecule has 0 aliphatic heterocycles. The van der Waals surface area contributed by atoms with Crippen molar-refractivity contribution >= 4 is 29.2 Å². The SMILES string of the molecule is Cc1cc(C(=O)OCC(=O)NC(=O)NC2CCCCC2)c(C)s1. The lowest BCUT2D eigenvalue weighted by Gasteiger charge is -2.22. The van der Waals surface area contributed by atoms with E-state index in [0.29, 0.717) is 5.56 Å². The van der Waals surface area contributed by atoms with E-state index in [1.165, 1.54) is 17.8 Å². The molecule has 3 amide bonds. The zero-order valence-corrected chi connectivity index (χ0v) is 14.3. The van der Waals surface area contributed by atoms with Crippen LogP contribution in [0.3, 0.4) is 0 Å². The van der Waals surface area contributed by atoms with Gasteiger partial charge in [-0.15, -0.1) is 11.3 Å². The van der Waals surface area contributed by atoms with E-state index in [4.69, 9.17) is 4.74 Å². The van der Waals surface area contributed by atoms with Crippen LogP contribution in [0.5, 0.6) is 0 Å². The molecule has 0 spiro atoms. The standard InChI is InChI=1S/C16H22N2O4S/c1-10-8-13(11(2)23-10)15(20)22-9-14(19)18-16(21)17-12-6-4-3-5-7-12/h8,12H,3-7,9H2,1-2H3,(H2,17,18,19,21). The number of thiophene rings is 1. The number of hydrogen-bond acceptors (Lipinski definition) is 5. The van der Waals surface area contributed by atoms with Crippen molar-refractivity contribution in [3.8, 4) is 0 Å².